The molecule has 11 nitrogen and oxygen atoms in total. The van der Waals surface area contributed by atoms with Crippen LogP contribution in [0.4, 0.5) is 4.79 Å². The molecule has 0 aromatic carbocycles. The first-order chi connectivity index (χ1) is 16.0. The van der Waals surface area contributed by atoms with E-state index >= 15 is 0 Å². The molecule has 0 aromatic rings. The molecule has 12 heteroatoms. The third kappa shape index (κ3) is 4.27. The number of carboxylic acid groups (broad SMARTS) is 1. The van der Waals surface area contributed by atoms with Crippen molar-refractivity contribution in [1.82, 2.24) is 20.0 Å². The van der Waals surface area contributed by atoms with E-state index < -0.39 is 24.0 Å². The number of β-lactam (4-membered cyclic amide) rings is 1. The fraction of sp³-hybridized carbons (Fsp3) is 0.727. The van der Waals surface area contributed by atoms with Crippen LogP contribution in [0.3, 0.4) is 0 Å². The molecular weight excluding hydrogens is 462 g/mol. The summed E-state index contributed by atoms with van der Waals surface area (Å²) in [5.74, 6) is -2.05. The number of urea groups is 1. The molecule has 0 unspecified atom stereocenters. The van der Waals surface area contributed by atoms with Gasteiger partial charge in [0.1, 0.15) is 5.70 Å². The quantitative estimate of drug-likeness (QED) is 0.343. The second-order valence-electron chi connectivity index (χ2n) is 9.87. The number of amides is 4. The predicted octanol–water partition coefficient (Wildman–Crippen LogP) is -0.537. The zero-order chi connectivity index (χ0) is 24.9. The Morgan fingerprint density at radius 2 is 2.06 bits per heavy atom. The highest BCUT2D eigenvalue weighted by molar-refractivity contribution is 8.03. The number of aliphatic carboxylic acids is 1. The first kappa shape index (κ1) is 24.8. The third-order valence-corrected chi connectivity index (χ3v) is 9.01. The Bertz CT molecular complexity index is 925. The van der Waals surface area contributed by atoms with Gasteiger partial charge in [0, 0.05) is 49.3 Å². The van der Waals surface area contributed by atoms with E-state index in [1.165, 1.54) is 21.6 Å². The van der Waals surface area contributed by atoms with Crippen molar-refractivity contribution in [2.45, 2.75) is 50.1 Å². The van der Waals surface area contributed by atoms with E-state index in [9.17, 15) is 29.4 Å². The van der Waals surface area contributed by atoms with Crippen LogP contribution >= 0.6 is 11.8 Å². The van der Waals surface area contributed by atoms with Gasteiger partial charge in [-0.2, -0.15) is 0 Å². The number of rotatable bonds is 7. The summed E-state index contributed by atoms with van der Waals surface area (Å²) < 4.78 is 0. The SMILES string of the molecule is C[C@@H](O)[C@H]1C(=O)N2C(C(=O)O)=C(S[C@@H]3CN[C@H](C(=O)N4CC[C@@H](CN(C)C(N)=O)C4)C3)[C@H](C)[C@H]12. The standard InChI is InChI=1S/C22H33N5O6S/c1-10-16-15(11(2)28)20(30)27(16)17(21(31)32)18(10)34-13-6-14(24-7-13)19(29)26-5-4-12(9-26)8-25(3)22(23)33/h10-16,24,28H,4-9H2,1-3H3,(H2,23,33)(H,31,32)/t10-,11-,12+,13+,14+,15-,16-/m1/s1. The highest BCUT2D eigenvalue weighted by Crippen LogP contribution is 2.51. The van der Waals surface area contributed by atoms with Gasteiger partial charge in [-0.25, -0.2) is 9.59 Å². The smallest absolute Gasteiger partial charge is 0.353 e. The van der Waals surface area contributed by atoms with Gasteiger partial charge in [-0.15, -0.1) is 11.8 Å². The van der Waals surface area contributed by atoms with Crippen molar-refractivity contribution < 1.29 is 29.4 Å². The monoisotopic (exact) mass is 495 g/mol. The van der Waals surface area contributed by atoms with Crippen molar-refractivity contribution in [2.75, 3.05) is 33.2 Å². The number of carboxylic acids is 1. The summed E-state index contributed by atoms with van der Waals surface area (Å²) in [6, 6.07) is -1.17. The normalized spacial score (nSPS) is 33.7. The average Bonchev–Trinajstić information content (AvgIpc) is 3.46. The minimum atomic E-state index is -1.14. The molecule has 0 spiro atoms. The van der Waals surface area contributed by atoms with Crippen LogP contribution in [0.25, 0.3) is 0 Å². The molecule has 0 aliphatic carbocycles. The van der Waals surface area contributed by atoms with Crippen molar-refractivity contribution in [3.05, 3.63) is 10.6 Å². The molecule has 3 saturated heterocycles. The summed E-state index contributed by atoms with van der Waals surface area (Å²) in [5.41, 5.74) is 5.31. The van der Waals surface area contributed by atoms with Gasteiger partial charge in [-0.05, 0) is 25.7 Å². The number of nitrogens with zero attached hydrogens (tertiary/aromatic N) is 3. The number of likely N-dealkylation sites (tertiary alicyclic amines) is 1. The van der Waals surface area contributed by atoms with Gasteiger partial charge in [0.2, 0.25) is 11.8 Å². The van der Waals surface area contributed by atoms with Gasteiger partial charge >= 0.3 is 12.0 Å². The van der Waals surface area contributed by atoms with Gasteiger partial charge in [-0.1, -0.05) is 6.92 Å². The summed E-state index contributed by atoms with van der Waals surface area (Å²) in [6.07, 6.45) is 0.543. The number of carbonyl (C=O) groups excluding carboxylic acids is 3. The zero-order valence-corrected chi connectivity index (χ0v) is 20.5. The molecule has 5 N–H and O–H groups in total. The van der Waals surface area contributed by atoms with Gasteiger partial charge in [0.15, 0.2) is 0 Å². The molecule has 34 heavy (non-hydrogen) atoms. The lowest BCUT2D eigenvalue weighted by molar-refractivity contribution is -0.163. The molecule has 7 atom stereocenters. The summed E-state index contributed by atoms with van der Waals surface area (Å²) in [4.78, 5) is 54.1. The van der Waals surface area contributed by atoms with E-state index in [1.807, 2.05) is 11.8 Å². The topological polar surface area (TPSA) is 157 Å². The van der Waals surface area contributed by atoms with E-state index in [4.69, 9.17) is 5.73 Å². The number of aliphatic hydroxyl groups excluding tert-OH is 1. The first-order valence-corrected chi connectivity index (χ1v) is 12.6. The molecule has 4 aliphatic heterocycles. The fourth-order valence-corrected chi connectivity index (χ4v) is 7.20. The average molecular weight is 496 g/mol. The van der Waals surface area contributed by atoms with Gasteiger partial charge in [-0.3, -0.25) is 9.59 Å². The maximum Gasteiger partial charge on any atom is 0.353 e. The maximum atomic E-state index is 13.1. The Morgan fingerprint density at radius 1 is 1.35 bits per heavy atom. The summed E-state index contributed by atoms with van der Waals surface area (Å²) in [7, 11) is 1.65. The summed E-state index contributed by atoms with van der Waals surface area (Å²) in [6.45, 7) is 5.75. The molecule has 4 heterocycles. The summed E-state index contributed by atoms with van der Waals surface area (Å²) >= 11 is 1.43. The van der Waals surface area contributed by atoms with Gasteiger partial charge in [0.25, 0.3) is 0 Å². The fourth-order valence-electron chi connectivity index (χ4n) is 5.72. The Morgan fingerprint density at radius 3 is 2.68 bits per heavy atom. The molecule has 4 aliphatic rings. The largest absolute Gasteiger partial charge is 0.477 e. The highest BCUT2D eigenvalue weighted by Gasteiger charge is 2.60. The van der Waals surface area contributed by atoms with Crippen LogP contribution in [0.15, 0.2) is 10.6 Å². The van der Waals surface area contributed by atoms with E-state index in [1.54, 1.807) is 14.0 Å². The number of primary amides is 1. The van der Waals surface area contributed by atoms with Crippen LogP contribution in [-0.2, 0) is 14.4 Å². The molecule has 4 amide bonds. The van der Waals surface area contributed by atoms with Crippen LogP contribution in [0.5, 0.6) is 0 Å². The Balaban J connectivity index is 1.37. The molecule has 4 rings (SSSR count). The molecule has 0 saturated carbocycles. The maximum absolute atomic E-state index is 13.1. The number of fused-ring (bicyclic) bond motifs is 1. The van der Waals surface area contributed by atoms with Crippen molar-refractivity contribution in [2.24, 2.45) is 23.5 Å². The number of hydrogen-bond donors (Lipinski definition) is 4. The van der Waals surface area contributed by atoms with Crippen LogP contribution in [0.1, 0.15) is 26.7 Å². The number of aliphatic hydroxyl groups is 1. The number of carbonyl (C=O) groups is 4. The predicted molar refractivity (Wildman–Crippen MR) is 124 cm³/mol. The lowest BCUT2D eigenvalue weighted by atomic mass is 9.79. The Hall–Kier alpha value is -2.31. The zero-order valence-electron chi connectivity index (χ0n) is 19.6. The van der Waals surface area contributed by atoms with Crippen molar-refractivity contribution in [3.8, 4) is 0 Å². The number of thioether (sulfide) groups is 1. The Labute approximate surface area is 202 Å². The first-order valence-electron chi connectivity index (χ1n) is 11.7. The van der Waals surface area contributed by atoms with Gasteiger partial charge < -0.3 is 36.0 Å². The minimum Gasteiger partial charge on any atom is -0.477 e. The third-order valence-electron chi connectivity index (χ3n) is 7.50. The second kappa shape index (κ2) is 9.38. The molecule has 0 radical (unpaired) electrons. The number of hydrogen-bond acceptors (Lipinski definition) is 7. The van der Waals surface area contributed by atoms with E-state index in [0.29, 0.717) is 37.5 Å². The number of nitrogens with one attached hydrogen (secondary N) is 1. The second-order valence-corrected chi connectivity index (χ2v) is 11.2. The molecule has 188 valence electrons. The Kier molecular flexibility index (Phi) is 6.85. The van der Waals surface area contributed by atoms with Crippen LogP contribution in [0.2, 0.25) is 0 Å². The van der Waals surface area contributed by atoms with E-state index in [0.717, 1.165) is 6.42 Å². The van der Waals surface area contributed by atoms with Crippen molar-refractivity contribution >= 4 is 35.6 Å². The summed E-state index contributed by atoms with van der Waals surface area (Å²) in [5, 5.41) is 23.1. The van der Waals surface area contributed by atoms with Crippen molar-refractivity contribution in [3.63, 3.8) is 0 Å². The lowest BCUT2D eigenvalue weighted by Crippen LogP contribution is -2.63. The highest BCUT2D eigenvalue weighted by atomic mass is 32.2. The van der Waals surface area contributed by atoms with Crippen LogP contribution < -0.4 is 11.1 Å². The molecular formula is C22H33N5O6S. The molecule has 3 fully saturated rings. The van der Waals surface area contributed by atoms with Crippen LogP contribution in [-0.4, -0.2) is 105 Å². The van der Waals surface area contributed by atoms with Crippen molar-refractivity contribution in [1.29, 1.82) is 0 Å². The minimum absolute atomic E-state index is 0.000975. The van der Waals surface area contributed by atoms with Crippen LogP contribution in [0, 0.1) is 17.8 Å². The number of nitrogens with two attached hydrogens (primary N) is 1. The molecule has 0 bridgehead atoms. The lowest BCUT2D eigenvalue weighted by Gasteiger charge is -2.46. The van der Waals surface area contributed by atoms with E-state index in [-0.39, 0.29) is 46.7 Å². The van der Waals surface area contributed by atoms with E-state index in [2.05, 4.69) is 5.32 Å². The van der Waals surface area contributed by atoms with Gasteiger partial charge in [0.05, 0.1) is 24.1 Å². The molecule has 0 aromatic heterocycles.